The molecule has 1 aliphatic rings. The van der Waals surface area contributed by atoms with Crippen molar-refractivity contribution in [2.45, 2.75) is 57.2 Å². The van der Waals surface area contributed by atoms with E-state index in [-0.39, 0.29) is 5.75 Å². The first-order valence-corrected chi connectivity index (χ1v) is 9.57. The van der Waals surface area contributed by atoms with Crippen molar-refractivity contribution in [1.29, 1.82) is 0 Å². The molecule has 0 radical (unpaired) electrons. The Morgan fingerprint density at radius 2 is 1.72 bits per heavy atom. The van der Waals surface area contributed by atoms with E-state index in [1.54, 1.807) is 20.8 Å². The monoisotopic (exact) mass is 339 g/mol. The number of nitrogens with zero attached hydrogens (tertiary/aromatic N) is 1. The summed E-state index contributed by atoms with van der Waals surface area (Å²) in [5, 5.41) is 0.916. The van der Waals surface area contributed by atoms with Crippen LogP contribution in [-0.4, -0.2) is 48.3 Å². The third-order valence-electron chi connectivity index (χ3n) is 3.79. The molecule has 108 valence electrons. The molecule has 0 heterocycles. The van der Waals surface area contributed by atoms with E-state index in [9.17, 15) is 8.42 Å². The average Bonchev–Trinajstić information content (AvgIpc) is 2.75. The van der Waals surface area contributed by atoms with Crippen LogP contribution in [0.5, 0.6) is 0 Å². The largest absolute Gasteiger partial charge is 0.299 e. The van der Waals surface area contributed by atoms with Crippen molar-refractivity contribution in [3.63, 3.8) is 0 Å². The number of halogens is 1. The molecule has 0 spiro atoms. The Morgan fingerprint density at radius 3 is 2.17 bits per heavy atom. The van der Waals surface area contributed by atoms with Gasteiger partial charge in [0.1, 0.15) is 0 Å². The Balaban J connectivity index is 2.57. The van der Waals surface area contributed by atoms with E-state index >= 15 is 0 Å². The molecule has 1 fully saturated rings. The van der Waals surface area contributed by atoms with Gasteiger partial charge in [-0.05, 0) is 33.6 Å². The average molecular weight is 340 g/mol. The second kappa shape index (κ2) is 6.71. The molecule has 0 atom stereocenters. The quantitative estimate of drug-likeness (QED) is 0.698. The van der Waals surface area contributed by atoms with E-state index in [0.717, 1.165) is 11.9 Å². The molecule has 1 rings (SSSR count). The molecule has 3 nitrogen and oxygen atoms in total. The molecule has 0 bridgehead atoms. The summed E-state index contributed by atoms with van der Waals surface area (Å²) in [5.41, 5.74) is 0. The first-order valence-electron chi connectivity index (χ1n) is 6.80. The molecule has 0 saturated heterocycles. The minimum absolute atomic E-state index is 0.278. The molecule has 0 aromatic heterocycles. The smallest absolute Gasteiger partial charge is 0.156 e. The predicted octanol–water partition coefficient (Wildman–Crippen LogP) is 2.84. The van der Waals surface area contributed by atoms with Gasteiger partial charge in [0.15, 0.2) is 9.84 Å². The zero-order valence-corrected chi connectivity index (χ0v) is 14.2. The highest BCUT2D eigenvalue weighted by Gasteiger charge is 2.30. The van der Waals surface area contributed by atoms with Gasteiger partial charge in [0, 0.05) is 24.5 Å². The van der Waals surface area contributed by atoms with Crippen LogP contribution in [-0.2, 0) is 9.84 Å². The summed E-state index contributed by atoms with van der Waals surface area (Å²) in [6.45, 7) is 6.98. The Hall–Kier alpha value is 0.390. The van der Waals surface area contributed by atoms with E-state index in [1.807, 2.05) is 0 Å². The van der Waals surface area contributed by atoms with E-state index in [0.29, 0.717) is 12.6 Å². The normalized spacial score (nSPS) is 18.7. The highest BCUT2D eigenvalue weighted by molar-refractivity contribution is 9.09. The molecule has 0 aromatic carbocycles. The predicted molar refractivity (Wildman–Crippen MR) is 81.2 cm³/mol. The summed E-state index contributed by atoms with van der Waals surface area (Å²) in [4.78, 5) is 2.35. The van der Waals surface area contributed by atoms with Crippen molar-refractivity contribution in [1.82, 2.24) is 4.90 Å². The van der Waals surface area contributed by atoms with Crippen molar-refractivity contribution in [2.24, 2.45) is 0 Å². The van der Waals surface area contributed by atoms with Gasteiger partial charge in [-0.2, -0.15) is 0 Å². The van der Waals surface area contributed by atoms with Gasteiger partial charge in [-0.3, -0.25) is 4.90 Å². The molecule has 1 aliphatic carbocycles. The van der Waals surface area contributed by atoms with Crippen LogP contribution in [0, 0.1) is 0 Å². The van der Waals surface area contributed by atoms with Crippen LogP contribution >= 0.6 is 15.9 Å². The summed E-state index contributed by atoms with van der Waals surface area (Å²) in [6, 6.07) is 0.595. The SMILES string of the molecule is CC(C)(C)S(=O)(=O)CCN(CCBr)C1CCCC1. The van der Waals surface area contributed by atoms with Crippen LogP contribution in [0.25, 0.3) is 0 Å². The molecule has 0 unspecified atom stereocenters. The summed E-state index contributed by atoms with van der Waals surface area (Å²) < 4.78 is 23.6. The van der Waals surface area contributed by atoms with E-state index in [4.69, 9.17) is 0 Å². The first kappa shape index (κ1) is 16.4. The third kappa shape index (κ3) is 4.49. The fourth-order valence-electron chi connectivity index (χ4n) is 2.40. The van der Waals surface area contributed by atoms with Gasteiger partial charge in [0.2, 0.25) is 0 Å². The topological polar surface area (TPSA) is 37.4 Å². The van der Waals surface area contributed by atoms with Crippen LogP contribution in [0.4, 0.5) is 0 Å². The number of hydrogen-bond donors (Lipinski definition) is 0. The molecule has 0 amide bonds. The summed E-state index contributed by atoms with van der Waals surface area (Å²) in [6.07, 6.45) is 5.02. The van der Waals surface area contributed by atoms with Crippen LogP contribution in [0.1, 0.15) is 46.5 Å². The van der Waals surface area contributed by atoms with Gasteiger partial charge >= 0.3 is 0 Å². The maximum atomic E-state index is 12.1. The summed E-state index contributed by atoms with van der Waals surface area (Å²) in [5.74, 6) is 0.278. The second-order valence-electron chi connectivity index (χ2n) is 6.09. The molecule has 5 heteroatoms. The van der Waals surface area contributed by atoms with Gasteiger partial charge in [0.05, 0.1) is 10.5 Å². The zero-order chi connectivity index (χ0) is 13.8. The van der Waals surface area contributed by atoms with Crippen molar-refractivity contribution >= 4 is 25.8 Å². The minimum Gasteiger partial charge on any atom is -0.299 e. The Kier molecular flexibility index (Phi) is 6.13. The number of alkyl halides is 1. The van der Waals surface area contributed by atoms with Crippen LogP contribution < -0.4 is 0 Å². The third-order valence-corrected chi connectivity index (χ3v) is 6.73. The Labute approximate surface area is 120 Å². The molecule has 18 heavy (non-hydrogen) atoms. The standard InChI is InChI=1S/C13H26BrNO2S/c1-13(2,3)18(16,17)11-10-15(9-8-14)12-6-4-5-7-12/h12H,4-11H2,1-3H3. The maximum absolute atomic E-state index is 12.1. The number of hydrogen-bond acceptors (Lipinski definition) is 3. The maximum Gasteiger partial charge on any atom is 0.156 e. The zero-order valence-electron chi connectivity index (χ0n) is 11.8. The van der Waals surface area contributed by atoms with Gasteiger partial charge < -0.3 is 0 Å². The van der Waals surface area contributed by atoms with Gasteiger partial charge in [0.25, 0.3) is 0 Å². The number of rotatable bonds is 6. The van der Waals surface area contributed by atoms with E-state index in [2.05, 4.69) is 20.8 Å². The van der Waals surface area contributed by atoms with Crippen molar-refractivity contribution in [3.05, 3.63) is 0 Å². The minimum atomic E-state index is -3.00. The van der Waals surface area contributed by atoms with Crippen molar-refractivity contribution < 1.29 is 8.42 Å². The lowest BCUT2D eigenvalue weighted by molar-refractivity contribution is 0.223. The lowest BCUT2D eigenvalue weighted by atomic mass is 10.2. The fourth-order valence-corrected chi connectivity index (χ4v) is 3.94. The Morgan fingerprint density at radius 1 is 1.17 bits per heavy atom. The molecular weight excluding hydrogens is 314 g/mol. The molecule has 0 aliphatic heterocycles. The summed E-state index contributed by atoms with van der Waals surface area (Å²) in [7, 11) is -3.00. The van der Waals surface area contributed by atoms with Gasteiger partial charge in [-0.1, -0.05) is 28.8 Å². The van der Waals surface area contributed by atoms with E-state index in [1.165, 1.54) is 25.7 Å². The van der Waals surface area contributed by atoms with Crippen LogP contribution in [0.15, 0.2) is 0 Å². The summed E-state index contributed by atoms with van der Waals surface area (Å²) >= 11 is 3.47. The lowest BCUT2D eigenvalue weighted by Gasteiger charge is -2.29. The van der Waals surface area contributed by atoms with E-state index < -0.39 is 14.6 Å². The second-order valence-corrected chi connectivity index (χ2v) is 9.75. The molecular formula is C13H26BrNO2S. The lowest BCUT2D eigenvalue weighted by Crippen LogP contribution is -2.41. The number of sulfone groups is 1. The first-order chi connectivity index (χ1) is 8.28. The van der Waals surface area contributed by atoms with Gasteiger partial charge in [-0.25, -0.2) is 8.42 Å². The highest BCUT2D eigenvalue weighted by atomic mass is 79.9. The van der Waals surface area contributed by atoms with Crippen molar-refractivity contribution in [3.8, 4) is 0 Å². The molecule has 1 saturated carbocycles. The fraction of sp³-hybridized carbons (Fsp3) is 1.00. The van der Waals surface area contributed by atoms with Gasteiger partial charge in [-0.15, -0.1) is 0 Å². The Bertz CT molecular complexity index is 342. The van der Waals surface area contributed by atoms with Crippen LogP contribution in [0.3, 0.4) is 0 Å². The molecule has 0 aromatic rings. The molecule has 0 N–H and O–H groups in total. The van der Waals surface area contributed by atoms with Crippen LogP contribution in [0.2, 0.25) is 0 Å². The highest BCUT2D eigenvalue weighted by Crippen LogP contribution is 2.24. The van der Waals surface area contributed by atoms with Crippen molar-refractivity contribution in [2.75, 3.05) is 24.2 Å².